The Bertz CT molecular complexity index is 440. The number of nitrogens with one attached hydrogen (secondary N) is 2. The van der Waals surface area contributed by atoms with Crippen molar-refractivity contribution in [2.75, 3.05) is 11.9 Å². The summed E-state index contributed by atoms with van der Waals surface area (Å²) in [6.07, 6.45) is -0.743. The van der Waals surface area contributed by atoms with Crippen molar-refractivity contribution in [1.82, 2.24) is 5.32 Å². The number of halogens is 2. The Balaban J connectivity index is 2.59. The first-order chi connectivity index (χ1) is 8.02. The molecule has 1 rings (SSSR count). The standard InChI is InChI=1S/C10H10F2N2O2S/c1-2-16-10(15)14-9(17)13-8-4-3-6(11)5-7(8)12/h3-5H,2H2,1H3,(H2,13,14,15,17). The van der Waals surface area contributed by atoms with E-state index < -0.39 is 17.7 Å². The highest BCUT2D eigenvalue weighted by Gasteiger charge is 2.08. The number of hydrogen-bond donors (Lipinski definition) is 2. The van der Waals surface area contributed by atoms with Crippen LogP contribution in [-0.4, -0.2) is 17.8 Å². The van der Waals surface area contributed by atoms with E-state index in [1.54, 1.807) is 6.92 Å². The summed E-state index contributed by atoms with van der Waals surface area (Å²) in [6.45, 7) is 1.83. The molecular formula is C10H10F2N2O2S. The van der Waals surface area contributed by atoms with Gasteiger partial charge in [-0.05, 0) is 31.3 Å². The fourth-order valence-electron chi connectivity index (χ4n) is 1.00. The van der Waals surface area contributed by atoms with Gasteiger partial charge in [0.1, 0.15) is 11.6 Å². The first kappa shape index (κ1) is 13.3. The predicted molar refractivity (Wildman–Crippen MR) is 62.7 cm³/mol. The molecular weight excluding hydrogens is 250 g/mol. The molecule has 0 radical (unpaired) electrons. The van der Waals surface area contributed by atoms with Crippen molar-refractivity contribution in [3.05, 3.63) is 29.8 Å². The lowest BCUT2D eigenvalue weighted by molar-refractivity contribution is 0.158. The lowest BCUT2D eigenvalue weighted by atomic mass is 10.3. The van der Waals surface area contributed by atoms with E-state index in [4.69, 9.17) is 12.2 Å². The van der Waals surface area contributed by atoms with Gasteiger partial charge in [-0.2, -0.15) is 0 Å². The van der Waals surface area contributed by atoms with Crippen LogP contribution >= 0.6 is 12.2 Å². The van der Waals surface area contributed by atoms with Gasteiger partial charge in [0.25, 0.3) is 0 Å². The molecule has 0 spiro atoms. The first-order valence-electron chi connectivity index (χ1n) is 4.72. The second-order valence-electron chi connectivity index (χ2n) is 2.92. The van der Waals surface area contributed by atoms with Crippen LogP contribution < -0.4 is 10.6 Å². The Labute approximate surface area is 102 Å². The molecule has 1 amide bonds. The maximum Gasteiger partial charge on any atom is 0.413 e. The van der Waals surface area contributed by atoms with E-state index in [1.807, 2.05) is 0 Å². The molecule has 17 heavy (non-hydrogen) atoms. The molecule has 1 aromatic rings. The smallest absolute Gasteiger partial charge is 0.413 e. The molecule has 0 atom stereocenters. The summed E-state index contributed by atoms with van der Waals surface area (Å²) in [6, 6.07) is 2.94. The van der Waals surface area contributed by atoms with Crippen LogP contribution in [0.1, 0.15) is 6.92 Å². The summed E-state index contributed by atoms with van der Waals surface area (Å²) >= 11 is 4.74. The molecule has 0 aliphatic rings. The zero-order chi connectivity index (χ0) is 12.8. The summed E-state index contributed by atoms with van der Waals surface area (Å²) < 4.78 is 30.4. The van der Waals surface area contributed by atoms with Crippen molar-refractivity contribution in [3.63, 3.8) is 0 Å². The molecule has 0 aromatic heterocycles. The van der Waals surface area contributed by atoms with Gasteiger partial charge in [-0.25, -0.2) is 13.6 Å². The Hall–Kier alpha value is -1.76. The summed E-state index contributed by atoms with van der Waals surface area (Å²) in [4.78, 5) is 11.0. The van der Waals surface area contributed by atoms with E-state index in [-0.39, 0.29) is 17.4 Å². The van der Waals surface area contributed by atoms with Crippen LogP contribution in [0.5, 0.6) is 0 Å². The third-order valence-corrected chi connectivity index (χ3v) is 1.87. The molecule has 0 aliphatic carbocycles. The summed E-state index contributed by atoms with van der Waals surface area (Å²) in [5, 5.41) is 4.44. The third kappa shape index (κ3) is 4.31. The van der Waals surface area contributed by atoms with Crippen LogP contribution in [0, 0.1) is 11.6 Å². The van der Waals surface area contributed by atoms with Crippen LogP contribution in [0.3, 0.4) is 0 Å². The molecule has 0 aliphatic heterocycles. The molecule has 0 saturated heterocycles. The van der Waals surface area contributed by atoms with Gasteiger partial charge in [-0.15, -0.1) is 0 Å². The Morgan fingerprint density at radius 1 is 1.47 bits per heavy atom. The highest BCUT2D eigenvalue weighted by Crippen LogP contribution is 2.14. The van der Waals surface area contributed by atoms with Gasteiger partial charge < -0.3 is 10.1 Å². The number of carbonyl (C=O) groups excluding carboxylic acids is 1. The number of benzene rings is 1. The van der Waals surface area contributed by atoms with Gasteiger partial charge >= 0.3 is 6.09 Å². The molecule has 0 heterocycles. The quantitative estimate of drug-likeness (QED) is 0.802. The van der Waals surface area contributed by atoms with Crippen molar-refractivity contribution in [2.45, 2.75) is 6.92 Å². The topological polar surface area (TPSA) is 50.4 Å². The third-order valence-electron chi connectivity index (χ3n) is 1.67. The number of carbonyl (C=O) groups is 1. The number of hydrogen-bond acceptors (Lipinski definition) is 3. The van der Waals surface area contributed by atoms with Crippen LogP contribution in [0.15, 0.2) is 18.2 Å². The Morgan fingerprint density at radius 2 is 2.18 bits per heavy atom. The monoisotopic (exact) mass is 260 g/mol. The van der Waals surface area contributed by atoms with Gasteiger partial charge in [0.15, 0.2) is 5.11 Å². The number of ether oxygens (including phenoxy) is 1. The van der Waals surface area contributed by atoms with E-state index >= 15 is 0 Å². The maximum atomic E-state index is 13.2. The summed E-state index contributed by atoms with van der Waals surface area (Å²) in [7, 11) is 0. The van der Waals surface area contributed by atoms with Crippen LogP contribution in [0.4, 0.5) is 19.3 Å². The fourth-order valence-corrected chi connectivity index (χ4v) is 1.20. The molecule has 1 aromatic carbocycles. The second-order valence-corrected chi connectivity index (χ2v) is 3.33. The number of thiocarbonyl (C=S) groups is 1. The maximum absolute atomic E-state index is 13.2. The zero-order valence-corrected chi connectivity index (χ0v) is 9.74. The molecule has 0 unspecified atom stereocenters. The average Bonchev–Trinajstić information content (AvgIpc) is 2.22. The summed E-state index contributed by atoms with van der Waals surface area (Å²) in [5.41, 5.74) is -0.0341. The molecule has 7 heteroatoms. The minimum atomic E-state index is -0.807. The largest absolute Gasteiger partial charge is 0.450 e. The van der Waals surface area contributed by atoms with Crippen molar-refractivity contribution in [3.8, 4) is 0 Å². The Kier molecular flexibility index (Phi) is 4.77. The number of anilines is 1. The van der Waals surface area contributed by atoms with E-state index in [0.29, 0.717) is 6.07 Å². The van der Waals surface area contributed by atoms with Crippen molar-refractivity contribution in [1.29, 1.82) is 0 Å². The van der Waals surface area contributed by atoms with Gasteiger partial charge in [-0.3, -0.25) is 5.32 Å². The van der Waals surface area contributed by atoms with Gasteiger partial charge in [0, 0.05) is 6.07 Å². The zero-order valence-electron chi connectivity index (χ0n) is 8.92. The number of rotatable bonds is 2. The van der Waals surface area contributed by atoms with Crippen LogP contribution in [0.25, 0.3) is 0 Å². The molecule has 0 fully saturated rings. The normalized spacial score (nSPS) is 9.59. The SMILES string of the molecule is CCOC(=O)NC(=S)Nc1ccc(F)cc1F. The minimum absolute atomic E-state index is 0.0341. The molecule has 4 nitrogen and oxygen atoms in total. The lowest BCUT2D eigenvalue weighted by Gasteiger charge is -2.09. The highest BCUT2D eigenvalue weighted by atomic mass is 32.1. The average molecular weight is 260 g/mol. The second kappa shape index (κ2) is 6.09. The first-order valence-corrected chi connectivity index (χ1v) is 5.13. The lowest BCUT2D eigenvalue weighted by Crippen LogP contribution is -2.34. The van der Waals surface area contributed by atoms with Crippen molar-refractivity contribution in [2.24, 2.45) is 0 Å². The number of amides is 1. The highest BCUT2D eigenvalue weighted by molar-refractivity contribution is 7.80. The van der Waals surface area contributed by atoms with Crippen molar-refractivity contribution >= 4 is 29.1 Å². The molecule has 92 valence electrons. The minimum Gasteiger partial charge on any atom is -0.450 e. The predicted octanol–water partition coefficient (Wildman–Crippen LogP) is 2.41. The molecule has 0 bridgehead atoms. The number of alkyl carbamates (subject to hydrolysis) is 1. The van der Waals surface area contributed by atoms with Crippen LogP contribution in [-0.2, 0) is 4.74 Å². The van der Waals surface area contributed by atoms with Gasteiger partial charge in [0.2, 0.25) is 0 Å². The van der Waals surface area contributed by atoms with E-state index in [2.05, 4.69) is 15.4 Å². The van der Waals surface area contributed by atoms with E-state index in [1.165, 1.54) is 6.07 Å². The molecule has 2 N–H and O–H groups in total. The summed E-state index contributed by atoms with van der Waals surface area (Å²) in [5.74, 6) is -1.50. The van der Waals surface area contributed by atoms with E-state index in [9.17, 15) is 13.6 Å². The van der Waals surface area contributed by atoms with Crippen LogP contribution in [0.2, 0.25) is 0 Å². The van der Waals surface area contributed by atoms with Gasteiger partial charge in [0.05, 0.1) is 12.3 Å². The fraction of sp³-hybridized carbons (Fsp3) is 0.200. The van der Waals surface area contributed by atoms with Crippen molar-refractivity contribution < 1.29 is 18.3 Å². The molecule has 0 saturated carbocycles. The van der Waals surface area contributed by atoms with E-state index in [0.717, 1.165) is 6.07 Å². The van der Waals surface area contributed by atoms with Gasteiger partial charge in [-0.1, -0.05) is 0 Å². The Morgan fingerprint density at radius 3 is 2.76 bits per heavy atom.